The number of amides is 1. The number of carbonyl (C=O) groups excluding carboxylic acids is 1. The van der Waals surface area contributed by atoms with Gasteiger partial charge in [-0.15, -0.1) is 11.3 Å². The molecule has 2 rings (SSSR count). The van der Waals surface area contributed by atoms with E-state index < -0.39 is 11.9 Å². The summed E-state index contributed by atoms with van der Waals surface area (Å²) in [5.41, 5.74) is 0.324. The molecule has 1 amide bonds. The molecule has 0 saturated heterocycles. The number of carboxylic acids is 1. The van der Waals surface area contributed by atoms with Gasteiger partial charge in [0.15, 0.2) is 0 Å². The van der Waals surface area contributed by atoms with Crippen molar-refractivity contribution in [2.24, 2.45) is 0 Å². The predicted octanol–water partition coefficient (Wildman–Crippen LogP) is 3.73. The topological polar surface area (TPSA) is 86.6 Å². The van der Waals surface area contributed by atoms with Gasteiger partial charge < -0.3 is 15.5 Å². The minimum absolute atomic E-state index is 0.0541. The van der Waals surface area contributed by atoms with E-state index in [0.29, 0.717) is 15.9 Å². The van der Waals surface area contributed by atoms with E-state index in [4.69, 9.17) is 5.11 Å². The Kier molecular flexibility index (Phi) is 4.64. The van der Waals surface area contributed by atoms with Gasteiger partial charge in [0.05, 0.1) is 10.0 Å². The van der Waals surface area contributed by atoms with E-state index in [1.807, 2.05) is 6.92 Å². The molecule has 1 aromatic heterocycles. The van der Waals surface area contributed by atoms with Crippen molar-refractivity contribution < 1.29 is 19.8 Å². The minimum atomic E-state index is -1.08. The van der Waals surface area contributed by atoms with Crippen molar-refractivity contribution in [2.45, 2.75) is 13.3 Å². The van der Waals surface area contributed by atoms with Crippen LogP contribution in [0.2, 0.25) is 0 Å². The van der Waals surface area contributed by atoms with E-state index in [-0.39, 0.29) is 16.9 Å². The summed E-state index contributed by atoms with van der Waals surface area (Å²) in [7, 11) is 0. The van der Waals surface area contributed by atoms with E-state index in [9.17, 15) is 14.7 Å². The number of rotatable bonds is 4. The predicted molar refractivity (Wildman–Crippen MR) is 84.4 cm³/mol. The molecule has 0 bridgehead atoms. The summed E-state index contributed by atoms with van der Waals surface area (Å²) in [5, 5.41) is 21.6. The third-order valence-electron chi connectivity index (χ3n) is 2.80. The van der Waals surface area contributed by atoms with Crippen molar-refractivity contribution in [2.75, 3.05) is 5.32 Å². The number of nitrogens with one attached hydrogen (secondary N) is 1. The Balaban J connectivity index is 2.28. The number of hydrogen-bond donors (Lipinski definition) is 3. The molecule has 0 aliphatic rings. The molecule has 21 heavy (non-hydrogen) atoms. The molecule has 0 atom stereocenters. The standard InChI is InChI=1S/C14H12BrNO4S/c1-2-8-6-9(14(19)20)13(21-8)16-12(18)7-3-4-10(15)11(17)5-7/h3-6,17H,2H2,1H3,(H,16,18)(H,19,20). The van der Waals surface area contributed by atoms with Crippen LogP contribution in [0.25, 0.3) is 0 Å². The summed E-state index contributed by atoms with van der Waals surface area (Å²) < 4.78 is 0.481. The largest absolute Gasteiger partial charge is 0.507 e. The Morgan fingerprint density at radius 1 is 1.33 bits per heavy atom. The zero-order chi connectivity index (χ0) is 15.6. The molecule has 5 nitrogen and oxygen atoms in total. The van der Waals surface area contributed by atoms with Gasteiger partial charge in [0, 0.05) is 10.4 Å². The van der Waals surface area contributed by atoms with Crippen LogP contribution in [0.3, 0.4) is 0 Å². The lowest BCUT2D eigenvalue weighted by molar-refractivity contribution is 0.0698. The van der Waals surface area contributed by atoms with Crippen LogP contribution in [0, 0.1) is 0 Å². The van der Waals surface area contributed by atoms with Crippen molar-refractivity contribution in [1.82, 2.24) is 0 Å². The van der Waals surface area contributed by atoms with Gasteiger partial charge in [-0.25, -0.2) is 4.79 Å². The molecule has 0 unspecified atom stereocenters. The maximum Gasteiger partial charge on any atom is 0.338 e. The number of hydrogen-bond acceptors (Lipinski definition) is 4. The monoisotopic (exact) mass is 369 g/mol. The quantitative estimate of drug-likeness (QED) is 0.766. The summed E-state index contributed by atoms with van der Waals surface area (Å²) in [4.78, 5) is 24.2. The fourth-order valence-electron chi connectivity index (χ4n) is 1.70. The molecule has 2 aromatic rings. The number of aromatic hydroxyl groups is 1. The highest BCUT2D eigenvalue weighted by atomic mass is 79.9. The van der Waals surface area contributed by atoms with Crippen LogP contribution in [0.1, 0.15) is 32.5 Å². The average Bonchev–Trinajstić information content (AvgIpc) is 2.85. The van der Waals surface area contributed by atoms with Crippen molar-refractivity contribution in [1.29, 1.82) is 0 Å². The molecule has 3 N–H and O–H groups in total. The number of benzene rings is 1. The highest BCUT2D eigenvalue weighted by molar-refractivity contribution is 9.10. The number of aromatic carboxylic acids is 1. The first kappa shape index (κ1) is 15.5. The summed E-state index contributed by atoms with van der Waals surface area (Å²) in [5.74, 6) is -1.61. The lowest BCUT2D eigenvalue weighted by atomic mass is 10.2. The molecule has 0 fully saturated rings. The highest BCUT2D eigenvalue weighted by Gasteiger charge is 2.18. The molecular formula is C14H12BrNO4S. The first-order valence-electron chi connectivity index (χ1n) is 6.08. The second-order valence-electron chi connectivity index (χ2n) is 4.23. The summed E-state index contributed by atoms with van der Waals surface area (Å²) in [6.07, 6.45) is 0.694. The van der Waals surface area contributed by atoms with Crippen molar-refractivity contribution in [3.8, 4) is 5.75 Å². The number of phenols is 1. The van der Waals surface area contributed by atoms with E-state index >= 15 is 0 Å². The first-order chi connectivity index (χ1) is 9.92. The van der Waals surface area contributed by atoms with Gasteiger partial charge >= 0.3 is 5.97 Å². The number of carboxylic acid groups (broad SMARTS) is 1. The number of phenolic OH excluding ortho intramolecular Hbond substituents is 1. The fourth-order valence-corrected chi connectivity index (χ4v) is 2.93. The summed E-state index contributed by atoms with van der Waals surface area (Å²) in [6.45, 7) is 1.91. The smallest absolute Gasteiger partial charge is 0.338 e. The number of aryl methyl sites for hydroxylation is 1. The number of anilines is 1. The van der Waals surface area contributed by atoms with Crippen molar-refractivity contribution in [3.05, 3.63) is 44.7 Å². The molecule has 0 spiro atoms. The molecule has 0 saturated carbocycles. The SMILES string of the molecule is CCc1cc(C(=O)O)c(NC(=O)c2ccc(Br)c(O)c2)s1. The highest BCUT2D eigenvalue weighted by Crippen LogP contribution is 2.30. The fraction of sp³-hybridized carbons (Fsp3) is 0.143. The van der Waals surface area contributed by atoms with Gasteiger partial charge in [-0.2, -0.15) is 0 Å². The third kappa shape index (κ3) is 3.43. The van der Waals surface area contributed by atoms with Crippen LogP contribution in [0.15, 0.2) is 28.7 Å². The van der Waals surface area contributed by atoms with E-state index in [0.717, 1.165) is 4.88 Å². The van der Waals surface area contributed by atoms with Gasteiger partial charge in [-0.3, -0.25) is 4.79 Å². The maximum absolute atomic E-state index is 12.1. The zero-order valence-electron chi connectivity index (χ0n) is 11.0. The molecule has 1 heterocycles. The molecule has 1 aromatic carbocycles. The number of carbonyl (C=O) groups is 2. The molecule has 0 aliphatic heterocycles. The average molecular weight is 370 g/mol. The third-order valence-corrected chi connectivity index (χ3v) is 4.66. The van der Waals surface area contributed by atoms with Gasteiger partial charge in [-0.1, -0.05) is 6.92 Å². The maximum atomic E-state index is 12.1. The van der Waals surface area contributed by atoms with E-state index in [1.165, 1.54) is 23.5 Å². The Morgan fingerprint density at radius 2 is 2.05 bits per heavy atom. The lowest BCUT2D eigenvalue weighted by Crippen LogP contribution is -2.13. The lowest BCUT2D eigenvalue weighted by Gasteiger charge is -2.05. The molecule has 0 aliphatic carbocycles. The Bertz CT molecular complexity index is 711. The molecule has 7 heteroatoms. The second-order valence-corrected chi connectivity index (χ2v) is 6.23. The summed E-state index contributed by atoms with van der Waals surface area (Å²) in [6, 6.07) is 5.96. The first-order valence-corrected chi connectivity index (χ1v) is 7.69. The van der Waals surface area contributed by atoms with Crippen LogP contribution >= 0.6 is 27.3 Å². The van der Waals surface area contributed by atoms with Crippen LogP contribution in [-0.2, 0) is 6.42 Å². The second kappa shape index (κ2) is 6.28. The van der Waals surface area contributed by atoms with Crippen LogP contribution < -0.4 is 5.32 Å². The minimum Gasteiger partial charge on any atom is -0.507 e. The summed E-state index contributed by atoms with van der Waals surface area (Å²) >= 11 is 4.36. The molecule has 0 radical (unpaired) electrons. The normalized spacial score (nSPS) is 10.4. The van der Waals surface area contributed by atoms with Crippen molar-refractivity contribution in [3.63, 3.8) is 0 Å². The molecular weight excluding hydrogens is 358 g/mol. The van der Waals surface area contributed by atoms with Gasteiger partial charge in [0.25, 0.3) is 5.91 Å². The van der Waals surface area contributed by atoms with Crippen LogP contribution in [0.5, 0.6) is 5.75 Å². The zero-order valence-corrected chi connectivity index (χ0v) is 13.4. The Labute approximate surface area is 133 Å². The van der Waals surface area contributed by atoms with E-state index in [2.05, 4.69) is 21.2 Å². The van der Waals surface area contributed by atoms with Crippen LogP contribution in [-0.4, -0.2) is 22.1 Å². The van der Waals surface area contributed by atoms with Crippen LogP contribution in [0.4, 0.5) is 5.00 Å². The molecule has 110 valence electrons. The van der Waals surface area contributed by atoms with Crippen molar-refractivity contribution >= 4 is 44.1 Å². The Hall–Kier alpha value is -1.86. The van der Waals surface area contributed by atoms with Gasteiger partial charge in [0.2, 0.25) is 0 Å². The number of thiophene rings is 1. The van der Waals surface area contributed by atoms with Gasteiger partial charge in [-0.05, 0) is 46.6 Å². The van der Waals surface area contributed by atoms with E-state index in [1.54, 1.807) is 12.1 Å². The Morgan fingerprint density at radius 3 is 2.62 bits per heavy atom. The number of halogens is 1. The van der Waals surface area contributed by atoms with Gasteiger partial charge in [0.1, 0.15) is 10.8 Å².